The van der Waals surface area contributed by atoms with Gasteiger partial charge in [-0.25, -0.2) is 0 Å². The molecule has 19 heavy (non-hydrogen) atoms. The third kappa shape index (κ3) is 6.07. The van der Waals surface area contributed by atoms with Crippen LogP contribution >= 0.6 is 0 Å². The van der Waals surface area contributed by atoms with Crippen LogP contribution in [0.4, 0.5) is 13.2 Å². The second kappa shape index (κ2) is 7.50. The molecule has 1 rings (SSSR count). The van der Waals surface area contributed by atoms with Crippen molar-refractivity contribution < 1.29 is 18.3 Å². The molecule has 1 aromatic rings. The zero-order valence-electron chi connectivity index (χ0n) is 11.0. The molecular formula is C14H20F3NO. The van der Waals surface area contributed by atoms with Crippen LogP contribution in [-0.4, -0.2) is 24.3 Å². The van der Waals surface area contributed by atoms with Gasteiger partial charge in [-0.15, -0.1) is 0 Å². The lowest BCUT2D eigenvalue weighted by Crippen LogP contribution is -2.27. The Morgan fingerprint density at radius 2 is 2.05 bits per heavy atom. The minimum absolute atomic E-state index is 0.146. The van der Waals surface area contributed by atoms with Gasteiger partial charge in [-0.05, 0) is 44.4 Å². The quantitative estimate of drug-likeness (QED) is 0.750. The number of nitrogens with one attached hydrogen (secondary N) is 1. The Hall–Kier alpha value is -1.07. The summed E-state index contributed by atoms with van der Waals surface area (Å²) < 4.78 is 37.6. The molecule has 0 aliphatic heterocycles. The Bertz CT molecular complexity index is 379. The summed E-state index contributed by atoms with van der Waals surface area (Å²) in [4.78, 5) is 0. The smallest absolute Gasteiger partial charge is 0.396 e. The summed E-state index contributed by atoms with van der Waals surface area (Å²) in [6.45, 7) is 2.86. The fourth-order valence-corrected chi connectivity index (χ4v) is 1.82. The van der Waals surface area contributed by atoms with Gasteiger partial charge < -0.3 is 10.4 Å². The molecule has 0 fully saturated rings. The Morgan fingerprint density at radius 3 is 2.68 bits per heavy atom. The second-order valence-corrected chi connectivity index (χ2v) is 4.67. The lowest BCUT2D eigenvalue weighted by molar-refractivity contribution is -0.137. The average molecular weight is 275 g/mol. The van der Waals surface area contributed by atoms with E-state index in [1.165, 1.54) is 12.1 Å². The van der Waals surface area contributed by atoms with Crippen LogP contribution in [0.1, 0.15) is 30.9 Å². The van der Waals surface area contributed by atoms with E-state index in [1.54, 1.807) is 6.07 Å². The largest absolute Gasteiger partial charge is 0.416 e. The van der Waals surface area contributed by atoms with Crippen LogP contribution in [0.25, 0.3) is 0 Å². The van der Waals surface area contributed by atoms with Gasteiger partial charge in [-0.1, -0.05) is 18.2 Å². The van der Waals surface area contributed by atoms with Crippen LogP contribution in [0.2, 0.25) is 0 Å². The molecule has 0 spiro atoms. The molecule has 0 aliphatic rings. The molecule has 1 aromatic carbocycles. The van der Waals surface area contributed by atoms with E-state index in [2.05, 4.69) is 5.32 Å². The number of hydrogen-bond donors (Lipinski definition) is 2. The summed E-state index contributed by atoms with van der Waals surface area (Å²) in [7, 11) is 0. The van der Waals surface area contributed by atoms with E-state index in [0.29, 0.717) is 18.4 Å². The van der Waals surface area contributed by atoms with Crippen molar-refractivity contribution in [3.63, 3.8) is 0 Å². The van der Waals surface area contributed by atoms with Crippen molar-refractivity contribution in [3.8, 4) is 0 Å². The molecule has 0 saturated carbocycles. The fraction of sp³-hybridized carbons (Fsp3) is 0.571. The SMILES string of the molecule is CC(CCc1cccc(C(F)(F)F)c1)NCCCO. The highest BCUT2D eigenvalue weighted by molar-refractivity contribution is 5.25. The van der Waals surface area contributed by atoms with Gasteiger partial charge in [-0.2, -0.15) is 13.2 Å². The van der Waals surface area contributed by atoms with Crippen LogP contribution in [-0.2, 0) is 12.6 Å². The minimum Gasteiger partial charge on any atom is -0.396 e. The van der Waals surface area contributed by atoms with E-state index in [-0.39, 0.29) is 12.6 Å². The molecule has 108 valence electrons. The summed E-state index contributed by atoms with van der Waals surface area (Å²) in [6, 6.07) is 5.69. The third-order valence-electron chi connectivity index (χ3n) is 2.95. The van der Waals surface area contributed by atoms with E-state index < -0.39 is 11.7 Å². The normalized spacial score (nSPS) is 13.5. The molecule has 0 aliphatic carbocycles. The summed E-state index contributed by atoms with van der Waals surface area (Å²) in [6.07, 6.45) is -2.21. The number of halogens is 3. The molecule has 1 unspecified atom stereocenters. The van der Waals surface area contributed by atoms with Gasteiger partial charge in [0.05, 0.1) is 5.56 Å². The lowest BCUT2D eigenvalue weighted by atomic mass is 10.0. The Labute approximate surface area is 111 Å². The molecule has 0 saturated heterocycles. The summed E-state index contributed by atoms with van der Waals surface area (Å²) in [5, 5.41) is 11.9. The van der Waals surface area contributed by atoms with Crippen molar-refractivity contribution >= 4 is 0 Å². The standard InChI is InChI=1S/C14H20F3NO/c1-11(18-8-3-9-19)6-7-12-4-2-5-13(10-12)14(15,16)17/h2,4-5,10-11,18-19H,3,6-9H2,1H3. The van der Waals surface area contributed by atoms with Crippen molar-refractivity contribution in [2.75, 3.05) is 13.2 Å². The predicted octanol–water partition coefficient (Wildman–Crippen LogP) is 3.00. The van der Waals surface area contributed by atoms with Crippen molar-refractivity contribution in [2.45, 2.75) is 38.4 Å². The number of rotatable bonds is 7. The first-order chi connectivity index (χ1) is 8.93. The van der Waals surface area contributed by atoms with Crippen LogP contribution in [0.5, 0.6) is 0 Å². The van der Waals surface area contributed by atoms with Crippen LogP contribution in [0, 0.1) is 0 Å². The molecule has 0 amide bonds. The first-order valence-corrected chi connectivity index (χ1v) is 6.44. The number of aliphatic hydroxyl groups is 1. The Balaban J connectivity index is 2.45. The second-order valence-electron chi connectivity index (χ2n) is 4.67. The molecule has 0 radical (unpaired) electrons. The maximum absolute atomic E-state index is 12.5. The van der Waals surface area contributed by atoms with E-state index in [9.17, 15) is 13.2 Å². The van der Waals surface area contributed by atoms with Crippen molar-refractivity contribution in [3.05, 3.63) is 35.4 Å². The van der Waals surface area contributed by atoms with E-state index >= 15 is 0 Å². The van der Waals surface area contributed by atoms with Gasteiger partial charge in [-0.3, -0.25) is 0 Å². The summed E-state index contributed by atoms with van der Waals surface area (Å²) in [5.41, 5.74) is 0.108. The van der Waals surface area contributed by atoms with Crippen LogP contribution in [0.3, 0.4) is 0 Å². The molecule has 2 N–H and O–H groups in total. The predicted molar refractivity (Wildman–Crippen MR) is 68.9 cm³/mol. The maximum atomic E-state index is 12.5. The molecule has 0 aromatic heterocycles. The molecule has 2 nitrogen and oxygen atoms in total. The number of alkyl halides is 3. The van der Waals surface area contributed by atoms with E-state index in [4.69, 9.17) is 5.11 Å². The molecule has 0 bridgehead atoms. The van der Waals surface area contributed by atoms with Crippen molar-refractivity contribution in [2.24, 2.45) is 0 Å². The zero-order chi connectivity index (χ0) is 14.3. The maximum Gasteiger partial charge on any atom is 0.416 e. The number of aliphatic hydroxyl groups excluding tert-OH is 1. The number of hydrogen-bond acceptors (Lipinski definition) is 2. The first-order valence-electron chi connectivity index (χ1n) is 6.44. The summed E-state index contributed by atoms with van der Waals surface area (Å²) in [5.74, 6) is 0. The van der Waals surface area contributed by atoms with E-state index in [0.717, 1.165) is 19.0 Å². The highest BCUT2D eigenvalue weighted by Crippen LogP contribution is 2.29. The van der Waals surface area contributed by atoms with Gasteiger partial charge in [0.15, 0.2) is 0 Å². The van der Waals surface area contributed by atoms with Gasteiger partial charge >= 0.3 is 6.18 Å². The fourth-order valence-electron chi connectivity index (χ4n) is 1.82. The third-order valence-corrected chi connectivity index (χ3v) is 2.95. The Morgan fingerprint density at radius 1 is 1.32 bits per heavy atom. The Kier molecular flexibility index (Phi) is 6.31. The van der Waals surface area contributed by atoms with Crippen LogP contribution < -0.4 is 5.32 Å². The van der Waals surface area contributed by atoms with Crippen LogP contribution in [0.15, 0.2) is 24.3 Å². The first kappa shape index (κ1) is 16.0. The highest BCUT2D eigenvalue weighted by atomic mass is 19.4. The topological polar surface area (TPSA) is 32.3 Å². The average Bonchev–Trinajstić information content (AvgIpc) is 2.36. The number of aryl methyl sites for hydroxylation is 1. The van der Waals surface area contributed by atoms with Gasteiger partial charge in [0.1, 0.15) is 0 Å². The minimum atomic E-state index is -4.28. The molecule has 0 heterocycles. The molecule has 5 heteroatoms. The molecular weight excluding hydrogens is 255 g/mol. The van der Waals surface area contributed by atoms with Crippen molar-refractivity contribution in [1.29, 1.82) is 0 Å². The zero-order valence-corrected chi connectivity index (χ0v) is 11.0. The monoisotopic (exact) mass is 275 g/mol. The lowest BCUT2D eigenvalue weighted by Gasteiger charge is -2.14. The number of benzene rings is 1. The van der Waals surface area contributed by atoms with Gasteiger partial charge in [0, 0.05) is 12.6 Å². The highest BCUT2D eigenvalue weighted by Gasteiger charge is 2.30. The van der Waals surface area contributed by atoms with Gasteiger partial charge in [0.25, 0.3) is 0 Å². The van der Waals surface area contributed by atoms with E-state index in [1.807, 2.05) is 6.92 Å². The molecule has 1 atom stereocenters. The summed E-state index contributed by atoms with van der Waals surface area (Å²) >= 11 is 0. The van der Waals surface area contributed by atoms with Crippen molar-refractivity contribution in [1.82, 2.24) is 5.32 Å². The van der Waals surface area contributed by atoms with Gasteiger partial charge in [0.2, 0.25) is 0 Å².